The summed E-state index contributed by atoms with van der Waals surface area (Å²) >= 11 is 0. The summed E-state index contributed by atoms with van der Waals surface area (Å²) in [5, 5.41) is 3.24. The van der Waals surface area contributed by atoms with E-state index in [2.05, 4.69) is 11.4 Å². The lowest BCUT2D eigenvalue weighted by Crippen LogP contribution is -2.09. The van der Waals surface area contributed by atoms with Crippen molar-refractivity contribution in [1.29, 1.82) is 0 Å². The molecule has 1 aliphatic carbocycles. The summed E-state index contributed by atoms with van der Waals surface area (Å²) in [4.78, 5) is 10.3. The highest BCUT2D eigenvalue weighted by molar-refractivity contribution is 5.60. The molecule has 1 aliphatic heterocycles. The average Bonchev–Trinajstić information content (AvgIpc) is 2.44. The lowest BCUT2D eigenvalue weighted by molar-refractivity contribution is 0.557. The van der Waals surface area contributed by atoms with Crippen molar-refractivity contribution in [3.8, 4) is 0 Å². The number of allylic oxidation sites excluding steroid dienone is 1. The molecular weight excluding hydrogens is 126 g/mol. The van der Waals surface area contributed by atoms with Gasteiger partial charge in [-0.15, -0.1) is 0 Å². The van der Waals surface area contributed by atoms with Gasteiger partial charge in [-0.25, -0.2) is 4.79 Å². The van der Waals surface area contributed by atoms with E-state index in [1.807, 2.05) is 12.0 Å². The van der Waals surface area contributed by atoms with Gasteiger partial charge in [-0.1, -0.05) is 12.2 Å². The molecule has 2 atom stereocenters. The van der Waals surface area contributed by atoms with Crippen LogP contribution in [0.1, 0.15) is 0 Å². The van der Waals surface area contributed by atoms with Crippen LogP contribution in [0.5, 0.6) is 0 Å². The SMILES string of the molecule is O=C=C1C=CC2CNCC12. The van der Waals surface area contributed by atoms with Gasteiger partial charge in [0.2, 0.25) is 0 Å². The molecule has 2 heteroatoms. The van der Waals surface area contributed by atoms with E-state index in [1.165, 1.54) is 0 Å². The van der Waals surface area contributed by atoms with Gasteiger partial charge in [-0.3, -0.25) is 0 Å². The van der Waals surface area contributed by atoms with Crippen LogP contribution in [0.15, 0.2) is 17.7 Å². The Labute approximate surface area is 59.6 Å². The average molecular weight is 135 g/mol. The fraction of sp³-hybridized carbons (Fsp3) is 0.500. The van der Waals surface area contributed by atoms with Crippen molar-refractivity contribution in [3.63, 3.8) is 0 Å². The zero-order valence-electron chi connectivity index (χ0n) is 5.63. The third kappa shape index (κ3) is 0.666. The summed E-state index contributed by atoms with van der Waals surface area (Å²) in [6, 6.07) is 0. The molecule has 1 heterocycles. The smallest absolute Gasteiger partial charge is 0.128 e. The van der Waals surface area contributed by atoms with Crippen LogP contribution in [-0.4, -0.2) is 19.0 Å². The van der Waals surface area contributed by atoms with E-state index in [9.17, 15) is 4.79 Å². The molecule has 0 bridgehead atoms. The molecule has 2 nitrogen and oxygen atoms in total. The van der Waals surface area contributed by atoms with Crippen LogP contribution in [0.3, 0.4) is 0 Å². The summed E-state index contributed by atoms with van der Waals surface area (Å²) in [5.74, 6) is 2.97. The molecule has 2 aliphatic rings. The molecule has 0 saturated carbocycles. The molecule has 2 rings (SSSR count). The van der Waals surface area contributed by atoms with Crippen molar-refractivity contribution >= 4 is 5.94 Å². The second kappa shape index (κ2) is 2.08. The number of nitrogens with one attached hydrogen (secondary N) is 1. The highest BCUT2D eigenvalue weighted by Gasteiger charge is 2.31. The Morgan fingerprint density at radius 1 is 1.60 bits per heavy atom. The topological polar surface area (TPSA) is 29.1 Å². The van der Waals surface area contributed by atoms with E-state index in [1.54, 1.807) is 0 Å². The Morgan fingerprint density at radius 3 is 3.30 bits per heavy atom. The summed E-state index contributed by atoms with van der Waals surface area (Å²) in [6.45, 7) is 1.97. The quantitative estimate of drug-likeness (QED) is 0.479. The van der Waals surface area contributed by atoms with Crippen molar-refractivity contribution in [2.24, 2.45) is 11.8 Å². The van der Waals surface area contributed by atoms with E-state index in [0.29, 0.717) is 11.8 Å². The molecule has 52 valence electrons. The van der Waals surface area contributed by atoms with Crippen molar-refractivity contribution in [2.45, 2.75) is 0 Å². The molecule has 1 fully saturated rings. The first-order chi connectivity index (χ1) is 4.92. The summed E-state index contributed by atoms with van der Waals surface area (Å²) in [5.41, 5.74) is 0.843. The second-order valence-corrected chi connectivity index (χ2v) is 2.85. The zero-order chi connectivity index (χ0) is 6.97. The fourth-order valence-corrected chi connectivity index (χ4v) is 1.70. The predicted molar refractivity (Wildman–Crippen MR) is 38.2 cm³/mol. The van der Waals surface area contributed by atoms with E-state index in [-0.39, 0.29) is 0 Å². The molecule has 1 saturated heterocycles. The highest BCUT2D eigenvalue weighted by atomic mass is 16.1. The third-order valence-corrected chi connectivity index (χ3v) is 2.30. The zero-order valence-corrected chi connectivity index (χ0v) is 5.63. The minimum absolute atomic E-state index is 0.428. The number of fused-ring (bicyclic) bond motifs is 1. The Hall–Kier alpha value is -0.850. The minimum atomic E-state index is 0.428. The molecule has 0 aromatic rings. The number of hydrogen-bond donors (Lipinski definition) is 1. The van der Waals surface area contributed by atoms with Crippen molar-refractivity contribution in [2.75, 3.05) is 13.1 Å². The maximum Gasteiger partial charge on any atom is 0.128 e. The Balaban J connectivity index is 2.31. The lowest BCUT2D eigenvalue weighted by Gasteiger charge is -2.04. The summed E-state index contributed by atoms with van der Waals surface area (Å²) in [6.07, 6.45) is 4.01. The van der Waals surface area contributed by atoms with Crippen LogP contribution in [0.25, 0.3) is 0 Å². The van der Waals surface area contributed by atoms with E-state index < -0.39 is 0 Å². The second-order valence-electron chi connectivity index (χ2n) is 2.85. The van der Waals surface area contributed by atoms with Gasteiger partial charge < -0.3 is 5.32 Å². The molecule has 0 aromatic heterocycles. The molecule has 1 N–H and O–H groups in total. The molecule has 2 unspecified atom stereocenters. The van der Waals surface area contributed by atoms with Gasteiger partial charge in [-0.2, -0.15) is 0 Å². The van der Waals surface area contributed by atoms with Gasteiger partial charge >= 0.3 is 0 Å². The molecule has 0 aromatic carbocycles. The largest absolute Gasteiger partial charge is 0.315 e. The molecule has 0 radical (unpaired) electrons. The summed E-state index contributed by atoms with van der Waals surface area (Å²) in [7, 11) is 0. The van der Waals surface area contributed by atoms with E-state index >= 15 is 0 Å². The molecule has 0 spiro atoms. The summed E-state index contributed by atoms with van der Waals surface area (Å²) < 4.78 is 0. The van der Waals surface area contributed by atoms with E-state index in [4.69, 9.17) is 0 Å². The molecular formula is C8H9NO. The first-order valence-corrected chi connectivity index (χ1v) is 3.56. The third-order valence-electron chi connectivity index (χ3n) is 2.30. The van der Waals surface area contributed by atoms with Crippen LogP contribution in [0.2, 0.25) is 0 Å². The van der Waals surface area contributed by atoms with Crippen molar-refractivity contribution < 1.29 is 4.79 Å². The lowest BCUT2D eigenvalue weighted by atomic mass is 9.97. The van der Waals surface area contributed by atoms with Crippen LogP contribution >= 0.6 is 0 Å². The molecule has 10 heavy (non-hydrogen) atoms. The Kier molecular flexibility index (Phi) is 1.23. The normalized spacial score (nSPS) is 36.2. The van der Waals surface area contributed by atoms with Gasteiger partial charge in [0.1, 0.15) is 5.94 Å². The van der Waals surface area contributed by atoms with E-state index in [0.717, 1.165) is 18.7 Å². The monoisotopic (exact) mass is 135 g/mol. The van der Waals surface area contributed by atoms with Gasteiger partial charge in [-0.05, 0) is 5.92 Å². The van der Waals surface area contributed by atoms with Gasteiger partial charge in [0, 0.05) is 24.6 Å². The minimum Gasteiger partial charge on any atom is -0.315 e. The first kappa shape index (κ1) is 5.90. The Bertz CT molecular complexity index is 225. The predicted octanol–water partition coefficient (Wildman–Crippen LogP) is 0.150. The van der Waals surface area contributed by atoms with Crippen LogP contribution in [0.4, 0.5) is 0 Å². The standard InChI is InChI=1S/C8H9NO/c10-5-7-2-1-6-3-9-4-8(6)7/h1-2,6,8-9H,3-4H2. The van der Waals surface area contributed by atoms with Gasteiger partial charge in [0.25, 0.3) is 0 Å². The van der Waals surface area contributed by atoms with Crippen LogP contribution < -0.4 is 5.32 Å². The first-order valence-electron chi connectivity index (χ1n) is 3.56. The van der Waals surface area contributed by atoms with Crippen molar-refractivity contribution in [1.82, 2.24) is 5.32 Å². The maximum absolute atomic E-state index is 10.3. The molecule has 0 amide bonds. The number of rotatable bonds is 0. The van der Waals surface area contributed by atoms with Gasteiger partial charge in [0.05, 0.1) is 0 Å². The van der Waals surface area contributed by atoms with Crippen molar-refractivity contribution in [3.05, 3.63) is 17.7 Å². The fourth-order valence-electron chi connectivity index (χ4n) is 1.70. The van der Waals surface area contributed by atoms with Crippen LogP contribution in [0, 0.1) is 11.8 Å². The highest BCUT2D eigenvalue weighted by Crippen LogP contribution is 2.30. The maximum atomic E-state index is 10.3. The van der Waals surface area contributed by atoms with Gasteiger partial charge in [0.15, 0.2) is 0 Å². The Morgan fingerprint density at radius 2 is 2.50 bits per heavy atom. The number of hydrogen-bond acceptors (Lipinski definition) is 2. The van der Waals surface area contributed by atoms with Crippen LogP contribution in [-0.2, 0) is 4.79 Å². The number of carbonyl (C=O) groups excluding carboxylic acids is 1.